The molecule has 7 heteroatoms. The van der Waals surface area contributed by atoms with Crippen molar-refractivity contribution in [1.82, 2.24) is 5.32 Å². The number of nitrogens with one attached hydrogen (secondary N) is 4. The third-order valence-corrected chi connectivity index (χ3v) is 6.14. The lowest BCUT2D eigenvalue weighted by molar-refractivity contribution is -0.116. The first-order valence-corrected chi connectivity index (χ1v) is 12.9. The van der Waals surface area contributed by atoms with Crippen LogP contribution in [0.1, 0.15) is 40.9 Å². The predicted molar refractivity (Wildman–Crippen MR) is 156 cm³/mol. The summed E-state index contributed by atoms with van der Waals surface area (Å²) < 4.78 is 0. The van der Waals surface area contributed by atoms with Crippen LogP contribution in [-0.2, 0) is 16.0 Å². The molecule has 198 valence electrons. The van der Waals surface area contributed by atoms with Crippen molar-refractivity contribution < 1.29 is 14.4 Å². The summed E-state index contributed by atoms with van der Waals surface area (Å²) in [4.78, 5) is 37.6. The van der Waals surface area contributed by atoms with E-state index < -0.39 is 0 Å². The van der Waals surface area contributed by atoms with E-state index in [-0.39, 0.29) is 30.3 Å². The first-order valence-electron chi connectivity index (χ1n) is 12.9. The second-order valence-electron chi connectivity index (χ2n) is 9.20. The lowest BCUT2D eigenvalue weighted by atomic mass is 10.1. The van der Waals surface area contributed by atoms with Gasteiger partial charge in [0.25, 0.3) is 5.91 Å². The summed E-state index contributed by atoms with van der Waals surface area (Å²) in [5.74, 6) is -0.539. The second kappa shape index (κ2) is 13.6. The number of carbonyl (C=O) groups is 3. The maximum absolute atomic E-state index is 12.7. The Hall–Kier alpha value is -4.91. The molecule has 0 radical (unpaired) electrons. The summed E-state index contributed by atoms with van der Waals surface area (Å²) in [5, 5.41) is 11.8. The van der Waals surface area contributed by atoms with Gasteiger partial charge in [-0.25, -0.2) is 0 Å². The molecule has 4 aromatic rings. The molecule has 0 saturated heterocycles. The van der Waals surface area contributed by atoms with E-state index in [2.05, 4.69) is 21.3 Å². The number of aryl methyl sites for hydroxylation is 1. The highest BCUT2D eigenvalue weighted by atomic mass is 16.2. The number of amides is 3. The number of carbonyl (C=O) groups excluding carboxylic acids is 3. The Balaban J connectivity index is 1.25. The molecule has 0 bridgehead atoms. The first kappa shape index (κ1) is 27.1. The Bertz CT molecular complexity index is 1410. The molecule has 1 atom stereocenters. The van der Waals surface area contributed by atoms with Crippen LogP contribution >= 0.6 is 0 Å². The van der Waals surface area contributed by atoms with E-state index in [1.165, 1.54) is 0 Å². The highest BCUT2D eigenvalue weighted by Crippen LogP contribution is 2.17. The molecule has 0 spiro atoms. The molecule has 4 aromatic carbocycles. The topological polar surface area (TPSA) is 99.3 Å². The predicted octanol–water partition coefficient (Wildman–Crippen LogP) is 5.80. The average molecular weight is 521 g/mol. The van der Waals surface area contributed by atoms with E-state index in [0.29, 0.717) is 35.5 Å². The largest absolute Gasteiger partial charge is 0.376 e. The molecule has 0 aliphatic rings. The van der Waals surface area contributed by atoms with Gasteiger partial charge in [0.2, 0.25) is 11.8 Å². The van der Waals surface area contributed by atoms with E-state index in [0.717, 1.165) is 11.1 Å². The van der Waals surface area contributed by atoms with Crippen molar-refractivity contribution in [1.29, 1.82) is 0 Å². The first-order chi connectivity index (χ1) is 19.0. The lowest BCUT2D eigenvalue weighted by Crippen LogP contribution is -2.26. The van der Waals surface area contributed by atoms with Gasteiger partial charge in [0.15, 0.2) is 0 Å². The zero-order valence-electron chi connectivity index (χ0n) is 21.8. The van der Waals surface area contributed by atoms with Crippen molar-refractivity contribution in [3.63, 3.8) is 0 Å². The lowest BCUT2D eigenvalue weighted by Gasteiger charge is -2.15. The summed E-state index contributed by atoms with van der Waals surface area (Å²) in [7, 11) is 0. The van der Waals surface area contributed by atoms with Crippen molar-refractivity contribution in [2.75, 3.05) is 22.5 Å². The Morgan fingerprint density at radius 2 is 1.28 bits per heavy atom. The Morgan fingerprint density at radius 1 is 0.667 bits per heavy atom. The van der Waals surface area contributed by atoms with Gasteiger partial charge < -0.3 is 21.3 Å². The minimum Gasteiger partial charge on any atom is -0.376 e. The highest BCUT2D eigenvalue weighted by molar-refractivity contribution is 5.97. The molecule has 0 saturated carbocycles. The summed E-state index contributed by atoms with van der Waals surface area (Å²) in [6.07, 6.45) is 1.02. The van der Waals surface area contributed by atoms with Gasteiger partial charge >= 0.3 is 0 Å². The minimum atomic E-state index is -0.255. The Morgan fingerprint density at radius 3 is 2.00 bits per heavy atom. The third-order valence-electron chi connectivity index (χ3n) is 6.14. The zero-order chi connectivity index (χ0) is 27.5. The summed E-state index contributed by atoms with van der Waals surface area (Å²) in [6.45, 7) is 1.95. The van der Waals surface area contributed by atoms with Gasteiger partial charge in [0.05, 0.1) is 12.6 Å². The minimum absolute atomic E-state index is 0.0130. The van der Waals surface area contributed by atoms with Crippen molar-refractivity contribution in [2.45, 2.75) is 25.8 Å². The van der Waals surface area contributed by atoms with Crippen molar-refractivity contribution in [3.05, 3.63) is 126 Å². The molecule has 3 amide bonds. The molecule has 7 nitrogen and oxygen atoms in total. The molecule has 4 rings (SSSR count). The monoisotopic (exact) mass is 520 g/mol. The van der Waals surface area contributed by atoms with E-state index in [1.54, 1.807) is 48.5 Å². The number of hydrogen-bond donors (Lipinski definition) is 4. The summed E-state index contributed by atoms with van der Waals surface area (Å²) in [5.41, 5.74) is 4.47. The zero-order valence-corrected chi connectivity index (χ0v) is 21.8. The molecule has 0 aliphatic heterocycles. The van der Waals surface area contributed by atoms with Crippen LogP contribution < -0.4 is 21.3 Å². The fraction of sp³-hybridized carbons (Fsp3) is 0.156. The van der Waals surface area contributed by atoms with Crippen LogP contribution in [0, 0.1) is 0 Å². The molecule has 39 heavy (non-hydrogen) atoms. The number of anilines is 3. The number of rotatable bonds is 11. The summed E-state index contributed by atoms with van der Waals surface area (Å²) in [6, 6.07) is 33.5. The highest BCUT2D eigenvalue weighted by Gasteiger charge is 2.12. The molecule has 1 unspecified atom stereocenters. The Kier molecular flexibility index (Phi) is 9.45. The maximum atomic E-state index is 12.7. The van der Waals surface area contributed by atoms with Gasteiger partial charge in [-0.15, -0.1) is 0 Å². The molecular formula is C32H32N4O3. The normalized spacial score (nSPS) is 11.2. The van der Waals surface area contributed by atoms with Gasteiger partial charge in [0, 0.05) is 29.0 Å². The molecule has 0 heterocycles. The van der Waals surface area contributed by atoms with Crippen LogP contribution in [0.4, 0.5) is 17.1 Å². The van der Waals surface area contributed by atoms with Crippen LogP contribution in [0.15, 0.2) is 109 Å². The SMILES string of the molecule is CC(NC(=O)c1cccc(NCC(=O)Nc2cccc(NC(=O)CCc3ccccc3)c2)c1)c1ccccc1. The Labute approximate surface area is 228 Å². The average Bonchev–Trinajstić information content (AvgIpc) is 2.96. The molecule has 0 fully saturated rings. The van der Waals surface area contributed by atoms with Gasteiger partial charge in [-0.3, -0.25) is 14.4 Å². The fourth-order valence-electron chi connectivity index (χ4n) is 4.06. The molecule has 0 aliphatic carbocycles. The fourth-order valence-corrected chi connectivity index (χ4v) is 4.06. The van der Waals surface area contributed by atoms with E-state index in [1.807, 2.05) is 67.6 Å². The molecule has 0 aromatic heterocycles. The van der Waals surface area contributed by atoms with Crippen LogP contribution in [-0.4, -0.2) is 24.3 Å². The van der Waals surface area contributed by atoms with Gasteiger partial charge in [-0.2, -0.15) is 0 Å². The summed E-state index contributed by atoms with van der Waals surface area (Å²) >= 11 is 0. The molecular weight excluding hydrogens is 488 g/mol. The molecule has 4 N–H and O–H groups in total. The van der Waals surface area contributed by atoms with Gasteiger partial charge in [0.1, 0.15) is 0 Å². The smallest absolute Gasteiger partial charge is 0.251 e. The third kappa shape index (κ3) is 8.57. The van der Waals surface area contributed by atoms with Gasteiger partial charge in [-0.1, -0.05) is 72.8 Å². The van der Waals surface area contributed by atoms with E-state index in [4.69, 9.17) is 0 Å². The van der Waals surface area contributed by atoms with Gasteiger partial charge in [-0.05, 0) is 60.9 Å². The van der Waals surface area contributed by atoms with Crippen molar-refractivity contribution in [3.8, 4) is 0 Å². The van der Waals surface area contributed by atoms with E-state index in [9.17, 15) is 14.4 Å². The van der Waals surface area contributed by atoms with Crippen LogP contribution in [0.2, 0.25) is 0 Å². The van der Waals surface area contributed by atoms with Crippen molar-refractivity contribution >= 4 is 34.8 Å². The van der Waals surface area contributed by atoms with Crippen LogP contribution in [0.25, 0.3) is 0 Å². The second-order valence-corrected chi connectivity index (χ2v) is 9.20. The van der Waals surface area contributed by atoms with Crippen LogP contribution in [0.3, 0.4) is 0 Å². The van der Waals surface area contributed by atoms with Crippen molar-refractivity contribution in [2.24, 2.45) is 0 Å². The van der Waals surface area contributed by atoms with Crippen LogP contribution in [0.5, 0.6) is 0 Å². The quantitative estimate of drug-likeness (QED) is 0.201. The van der Waals surface area contributed by atoms with E-state index >= 15 is 0 Å². The maximum Gasteiger partial charge on any atom is 0.251 e. The number of hydrogen-bond acceptors (Lipinski definition) is 4. The number of benzene rings is 4. The standard InChI is InChI=1S/C32H32N4O3/c1-23(25-12-6-3-7-13-25)34-32(39)26-14-8-15-27(20-26)33-22-31(38)36-29-17-9-16-28(21-29)35-30(37)19-18-24-10-4-2-5-11-24/h2-17,20-21,23,33H,18-19,22H2,1H3,(H,34,39)(H,35,37)(H,36,38).